The van der Waals surface area contributed by atoms with E-state index < -0.39 is 35.0 Å². The Morgan fingerprint density at radius 3 is 2.57 bits per heavy atom. The van der Waals surface area contributed by atoms with E-state index in [0.29, 0.717) is 26.0 Å². The number of aliphatic hydroxyl groups excluding tert-OH is 1. The Morgan fingerprint density at radius 2 is 1.83 bits per heavy atom. The van der Waals surface area contributed by atoms with Gasteiger partial charge in [-0.05, 0) is 38.5 Å². The molecule has 1 saturated carbocycles. The van der Waals surface area contributed by atoms with Crippen LogP contribution in [0.15, 0.2) is 24.3 Å². The van der Waals surface area contributed by atoms with Crippen LogP contribution in [0.5, 0.6) is 0 Å². The minimum atomic E-state index is -1.24. The highest BCUT2D eigenvalue weighted by atomic mass is 16.6. The lowest BCUT2D eigenvalue weighted by Gasteiger charge is -2.40. The molecule has 0 radical (unpaired) electrons. The lowest BCUT2D eigenvalue weighted by atomic mass is 9.73. The van der Waals surface area contributed by atoms with Crippen LogP contribution < -0.4 is 0 Å². The monoisotopic (exact) mass is 486 g/mol. The largest absolute Gasteiger partial charge is 0.465 e. The highest BCUT2D eigenvalue weighted by Gasteiger charge is 2.75. The summed E-state index contributed by atoms with van der Waals surface area (Å²) in [7, 11) is 0. The van der Waals surface area contributed by atoms with Gasteiger partial charge in [0.15, 0.2) is 0 Å². The summed E-state index contributed by atoms with van der Waals surface area (Å²) >= 11 is 0. The van der Waals surface area contributed by atoms with Crippen molar-refractivity contribution in [1.29, 1.82) is 0 Å². The third-order valence-electron chi connectivity index (χ3n) is 8.74. The first-order valence-electron chi connectivity index (χ1n) is 13.4. The average molecular weight is 487 g/mol. The first kappa shape index (κ1) is 24.5. The zero-order valence-corrected chi connectivity index (χ0v) is 20.7. The van der Waals surface area contributed by atoms with Crippen LogP contribution >= 0.6 is 0 Å². The molecular formula is C27H38N2O6. The Labute approximate surface area is 207 Å². The van der Waals surface area contributed by atoms with E-state index in [1.165, 1.54) is 6.42 Å². The first-order valence-corrected chi connectivity index (χ1v) is 13.4. The molecule has 1 aliphatic carbocycles. The average Bonchev–Trinajstić information content (AvgIpc) is 3.24. The Hall–Kier alpha value is -2.19. The molecule has 1 spiro atoms. The van der Waals surface area contributed by atoms with E-state index in [9.17, 15) is 19.5 Å². The molecular weight excluding hydrogens is 448 g/mol. The number of carbonyl (C=O) groups excluding carboxylic acids is 3. The fourth-order valence-corrected chi connectivity index (χ4v) is 7.09. The third kappa shape index (κ3) is 3.84. The Bertz CT molecular complexity index is 911. The van der Waals surface area contributed by atoms with Crippen molar-refractivity contribution in [2.24, 2.45) is 11.8 Å². The second-order valence-electron chi connectivity index (χ2n) is 10.6. The summed E-state index contributed by atoms with van der Waals surface area (Å²) in [4.78, 5) is 45.3. The number of ether oxygens (including phenoxy) is 2. The molecule has 5 atom stereocenters. The number of aliphatic hydroxyl groups is 1. The lowest BCUT2D eigenvalue weighted by molar-refractivity contribution is -0.161. The minimum Gasteiger partial charge on any atom is -0.465 e. The molecule has 4 heterocycles. The lowest BCUT2D eigenvalue weighted by Crippen LogP contribution is -2.58. The van der Waals surface area contributed by atoms with Gasteiger partial charge in [-0.2, -0.15) is 0 Å². The zero-order chi connectivity index (χ0) is 24.6. The summed E-state index contributed by atoms with van der Waals surface area (Å²) in [5.74, 6) is -2.45. The Morgan fingerprint density at radius 1 is 1.03 bits per heavy atom. The number of cyclic esters (lactones) is 1. The van der Waals surface area contributed by atoms with E-state index in [4.69, 9.17) is 9.47 Å². The van der Waals surface area contributed by atoms with Crippen molar-refractivity contribution in [3.63, 3.8) is 0 Å². The number of hydrogen-bond donors (Lipinski definition) is 1. The number of fused-ring (bicyclic) bond motifs is 2. The van der Waals surface area contributed by atoms with Crippen LogP contribution in [-0.4, -0.2) is 82.3 Å². The van der Waals surface area contributed by atoms with Gasteiger partial charge in [-0.3, -0.25) is 14.4 Å². The van der Waals surface area contributed by atoms with E-state index in [1.54, 1.807) is 4.90 Å². The molecule has 5 rings (SSSR count). The normalized spacial score (nSPS) is 38.7. The molecule has 2 saturated heterocycles. The molecule has 5 aliphatic rings. The Balaban J connectivity index is 1.61. The van der Waals surface area contributed by atoms with Crippen LogP contribution in [-0.2, 0) is 23.9 Å². The van der Waals surface area contributed by atoms with Crippen LogP contribution in [0.3, 0.4) is 0 Å². The molecule has 1 N–H and O–H groups in total. The van der Waals surface area contributed by atoms with Gasteiger partial charge < -0.3 is 24.4 Å². The van der Waals surface area contributed by atoms with Gasteiger partial charge in [-0.15, -0.1) is 0 Å². The molecule has 8 heteroatoms. The van der Waals surface area contributed by atoms with Crippen molar-refractivity contribution >= 4 is 17.8 Å². The van der Waals surface area contributed by atoms with Crippen LogP contribution in [0.4, 0.5) is 0 Å². The van der Waals surface area contributed by atoms with E-state index in [2.05, 4.69) is 0 Å². The van der Waals surface area contributed by atoms with E-state index in [-0.39, 0.29) is 31.0 Å². The topological polar surface area (TPSA) is 96.4 Å². The summed E-state index contributed by atoms with van der Waals surface area (Å²) in [5.41, 5.74) is -2.25. The number of allylic oxidation sites excluding steroid dienone is 1. The summed E-state index contributed by atoms with van der Waals surface area (Å²) in [6, 6.07) is -0.708. The standard InChI is InChI=1S/C27H38N2O6/c1-2-26-13-7-4-8-18-34-25(33)21(26)20-23(31)29(16-10-17-30)22-24(32)28(19-11-5-3-6-12-19)15-9-14-27(20,22)35-26/h7,9,13-14,19-22,30H,2-6,8,10-12,15-18H2,1H3/b13-7-/t20-,21+,22?,26-,27-/m0/s1. The van der Waals surface area contributed by atoms with E-state index in [0.717, 1.165) is 38.5 Å². The summed E-state index contributed by atoms with van der Waals surface area (Å²) < 4.78 is 12.5. The third-order valence-corrected chi connectivity index (χ3v) is 8.74. The second kappa shape index (κ2) is 9.69. The maximum absolute atomic E-state index is 14.3. The smallest absolute Gasteiger partial charge is 0.313 e. The van der Waals surface area contributed by atoms with Gasteiger partial charge in [-0.25, -0.2) is 0 Å². The van der Waals surface area contributed by atoms with Gasteiger partial charge in [0.05, 0.1) is 12.5 Å². The number of nitrogens with zero attached hydrogens (tertiary/aromatic N) is 2. The molecule has 8 nitrogen and oxygen atoms in total. The zero-order valence-electron chi connectivity index (χ0n) is 20.7. The summed E-state index contributed by atoms with van der Waals surface area (Å²) in [6.45, 7) is 2.90. The fourth-order valence-electron chi connectivity index (χ4n) is 7.09. The van der Waals surface area contributed by atoms with Crippen molar-refractivity contribution in [3.05, 3.63) is 24.3 Å². The molecule has 35 heavy (non-hydrogen) atoms. The van der Waals surface area contributed by atoms with Gasteiger partial charge in [0.2, 0.25) is 11.8 Å². The molecule has 2 amide bonds. The van der Waals surface area contributed by atoms with Gasteiger partial charge in [-0.1, -0.05) is 50.5 Å². The van der Waals surface area contributed by atoms with Crippen molar-refractivity contribution in [3.8, 4) is 0 Å². The van der Waals surface area contributed by atoms with E-state index in [1.807, 2.05) is 36.1 Å². The number of carbonyl (C=O) groups is 3. The Kier molecular flexibility index (Phi) is 6.79. The summed E-state index contributed by atoms with van der Waals surface area (Å²) in [5, 5.41) is 9.53. The number of rotatable bonds is 5. The molecule has 0 aromatic carbocycles. The van der Waals surface area contributed by atoms with Gasteiger partial charge >= 0.3 is 5.97 Å². The van der Waals surface area contributed by atoms with Crippen LogP contribution in [0.2, 0.25) is 0 Å². The van der Waals surface area contributed by atoms with Crippen molar-refractivity contribution in [2.45, 2.75) is 88.0 Å². The predicted octanol–water partition coefficient (Wildman–Crippen LogP) is 2.35. The molecule has 0 aromatic heterocycles. The predicted molar refractivity (Wildman–Crippen MR) is 128 cm³/mol. The van der Waals surface area contributed by atoms with E-state index >= 15 is 0 Å². The number of amides is 2. The molecule has 0 aromatic rings. The SMILES string of the molecule is CC[C@]12/C=C\CCCOC(=O)[C@H]1[C@H]1C(=O)N(CCCO)C3C(=O)N(C4CCCCC4)CC=C[C@@]31O2. The minimum absolute atomic E-state index is 0.0848. The van der Waals surface area contributed by atoms with Gasteiger partial charge in [0.25, 0.3) is 0 Å². The fraction of sp³-hybridized carbons (Fsp3) is 0.741. The first-order chi connectivity index (χ1) is 17.0. The van der Waals surface area contributed by atoms with Crippen LogP contribution in [0.25, 0.3) is 0 Å². The molecule has 0 bridgehead atoms. The highest BCUT2D eigenvalue weighted by Crippen LogP contribution is 2.58. The molecule has 4 aliphatic heterocycles. The highest BCUT2D eigenvalue weighted by molar-refractivity contribution is 5.99. The second-order valence-corrected chi connectivity index (χ2v) is 10.6. The van der Waals surface area contributed by atoms with Crippen molar-refractivity contribution < 1.29 is 29.0 Å². The number of esters is 1. The van der Waals surface area contributed by atoms with Gasteiger partial charge in [0.1, 0.15) is 23.2 Å². The summed E-state index contributed by atoms with van der Waals surface area (Å²) in [6.07, 6.45) is 15.5. The molecule has 1 unspecified atom stereocenters. The maximum Gasteiger partial charge on any atom is 0.313 e. The number of likely N-dealkylation sites (tertiary alicyclic amines) is 1. The van der Waals surface area contributed by atoms with Gasteiger partial charge in [0, 0.05) is 25.7 Å². The molecule has 192 valence electrons. The number of hydrogen-bond acceptors (Lipinski definition) is 6. The quantitative estimate of drug-likeness (QED) is 0.473. The van der Waals surface area contributed by atoms with Crippen LogP contribution in [0, 0.1) is 11.8 Å². The van der Waals surface area contributed by atoms with Crippen LogP contribution in [0.1, 0.15) is 64.7 Å². The van der Waals surface area contributed by atoms with Crippen molar-refractivity contribution in [2.75, 3.05) is 26.3 Å². The molecule has 3 fully saturated rings. The maximum atomic E-state index is 14.3. The van der Waals surface area contributed by atoms with Crippen molar-refractivity contribution in [1.82, 2.24) is 9.80 Å².